The molecule has 0 aromatic heterocycles. The summed E-state index contributed by atoms with van der Waals surface area (Å²) in [5.74, 6) is 0. The lowest BCUT2D eigenvalue weighted by Gasteiger charge is -2.26. The van der Waals surface area contributed by atoms with Gasteiger partial charge in [0.15, 0.2) is 9.84 Å². The van der Waals surface area contributed by atoms with Crippen molar-refractivity contribution in [3.8, 4) is 0 Å². The minimum absolute atomic E-state index is 0.247. The van der Waals surface area contributed by atoms with E-state index in [1.54, 1.807) is 52.0 Å². The van der Waals surface area contributed by atoms with Crippen LogP contribution in [0.1, 0.15) is 46.3 Å². The lowest BCUT2D eigenvalue weighted by molar-refractivity contribution is 0.543. The van der Waals surface area contributed by atoms with E-state index in [-0.39, 0.29) is 6.42 Å². The highest BCUT2D eigenvalue weighted by Crippen LogP contribution is 2.33. The zero-order chi connectivity index (χ0) is 13.3. The minimum atomic E-state index is -3.57. The van der Waals surface area contributed by atoms with E-state index in [2.05, 4.69) is 0 Å². The highest BCUT2D eigenvalue weighted by molar-refractivity contribution is 7.93. The van der Waals surface area contributed by atoms with Crippen LogP contribution in [0, 0.1) is 0 Å². The Morgan fingerprint density at radius 2 is 1.75 bits per heavy atom. The molecule has 0 unspecified atom stereocenters. The van der Waals surface area contributed by atoms with Crippen LogP contribution >= 0.6 is 0 Å². The van der Waals surface area contributed by atoms with Crippen LogP contribution in [0.3, 0.4) is 0 Å². The molecule has 0 bridgehead atoms. The molecule has 1 aromatic carbocycles. The zero-order valence-electron chi connectivity index (χ0n) is 11.3. The van der Waals surface area contributed by atoms with E-state index in [0.717, 1.165) is 0 Å². The van der Waals surface area contributed by atoms with E-state index in [9.17, 15) is 8.42 Å². The van der Waals surface area contributed by atoms with Gasteiger partial charge in [-0.05, 0) is 32.8 Å². The molecule has 1 rings (SSSR count). The van der Waals surface area contributed by atoms with Crippen molar-refractivity contribution in [2.45, 2.75) is 44.1 Å². The van der Waals surface area contributed by atoms with Crippen LogP contribution in [0.15, 0.2) is 30.3 Å². The smallest absolute Gasteiger partial charge is 0.162 e. The number of hydrogen-bond acceptors (Lipinski definition) is 2. The molecule has 0 radical (unpaired) electrons. The summed E-state index contributed by atoms with van der Waals surface area (Å²) >= 11 is 0. The molecule has 0 heterocycles. The summed E-state index contributed by atoms with van der Waals surface area (Å²) in [5, 5.41) is -1.56. The van der Waals surface area contributed by atoms with E-state index in [1.165, 1.54) is 0 Å². The fourth-order valence-corrected chi connectivity index (χ4v) is 3.11. The molecule has 0 spiro atoms. The lowest BCUT2D eigenvalue weighted by Crippen LogP contribution is -2.32. The van der Waals surface area contributed by atoms with Crippen LogP contribution in [-0.2, 0) is 9.84 Å². The molecule has 3 heteroatoms. The van der Waals surface area contributed by atoms with Crippen molar-refractivity contribution in [2.24, 2.45) is 0 Å². The first-order valence-corrected chi connectivity index (χ1v) is 6.95. The Bertz CT molecular complexity index is 474. The summed E-state index contributed by atoms with van der Waals surface area (Å²) in [6, 6.07) is 8.78. The Morgan fingerprint density at radius 1 is 1.25 bits per heavy atom. The van der Waals surface area contributed by atoms with Crippen LogP contribution in [0.2, 0.25) is 0 Å². The number of hydrogen-bond donors (Lipinski definition) is 0. The summed E-state index contributed by atoms with van der Waals surface area (Å²) in [6.45, 7) is 6.67. The van der Waals surface area contributed by atoms with Gasteiger partial charge in [0, 0.05) is 0 Å². The molecule has 90 valence electrons. The van der Waals surface area contributed by atoms with Gasteiger partial charge in [0.1, 0.15) is 0 Å². The predicted octanol–water partition coefficient (Wildman–Crippen LogP) is 3.35. The molecule has 0 N–H and O–H groups in total. The van der Waals surface area contributed by atoms with Gasteiger partial charge < -0.3 is 0 Å². The quantitative estimate of drug-likeness (QED) is 0.813. The third-order valence-electron chi connectivity index (χ3n) is 2.55. The molecule has 0 saturated heterocycles. The second kappa shape index (κ2) is 4.58. The van der Waals surface area contributed by atoms with Gasteiger partial charge in [-0.3, -0.25) is 0 Å². The van der Waals surface area contributed by atoms with Gasteiger partial charge in [0.2, 0.25) is 0 Å². The first-order valence-electron chi connectivity index (χ1n) is 5.96. The van der Waals surface area contributed by atoms with E-state index in [0.29, 0.717) is 5.56 Å². The molecule has 0 saturated carbocycles. The largest absolute Gasteiger partial charge is 0.228 e. The molecule has 2 nitrogen and oxygen atoms in total. The normalized spacial score (nSPS) is 17.6. The van der Waals surface area contributed by atoms with Gasteiger partial charge in [-0.2, -0.15) is 0 Å². The monoisotopic (exact) mass is 241 g/mol. The molecule has 1 aromatic rings. The molecule has 0 fully saturated rings. The topological polar surface area (TPSA) is 34.1 Å². The summed E-state index contributed by atoms with van der Waals surface area (Å²) in [4.78, 5) is 0. The third kappa shape index (κ3) is 2.46. The number of benzene rings is 1. The molecule has 1 atom stereocenters. The molecule has 16 heavy (non-hydrogen) atoms. The molecular formula is C13H20O2S. The van der Waals surface area contributed by atoms with E-state index in [1.807, 2.05) is 6.07 Å². The second-order valence-corrected chi connectivity index (χ2v) is 7.48. The van der Waals surface area contributed by atoms with Crippen molar-refractivity contribution in [1.82, 2.24) is 0 Å². The Hall–Kier alpha value is -0.830. The second-order valence-electron chi connectivity index (χ2n) is 4.76. The van der Waals surface area contributed by atoms with Crippen molar-refractivity contribution < 1.29 is 9.79 Å². The highest BCUT2D eigenvalue weighted by Gasteiger charge is 2.36. The van der Waals surface area contributed by atoms with E-state index in [4.69, 9.17) is 1.37 Å². The van der Waals surface area contributed by atoms with Crippen molar-refractivity contribution in [2.75, 3.05) is 0 Å². The van der Waals surface area contributed by atoms with Crippen LogP contribution in [0.4, 0.5) is 0 Å². The van der Waals surface area contributed by atoms with Crippen molar-refractivity contribution in [1.29, 1.82) is 0 Å². The highest BCUT2D eigenvalue weighted by atomic mass is 32.2. The van der Waals surface area contributed by atoms with Crippen molar-refractivity contribution >= 4 is 9.84 Å². The Morgan fingerprint density at radius 3 is 2.12 bits per heavy atom. The summed E-state index contributed by atoms with van der Waals surface area (Å²) in [6.07, 6.45) is 0.247. The molecule has 0 amide bonds. The van der Waals surface area contributed by atoms with Crippen molar-refractivity contribution in [3.63, 3.8) is 0 Å². The van der Waals surface area contributed by atoms with Gasteiger partial charge in [0.25, 0.3) is 0 Å². The van der Waals surface area contributed by atoms with E-state index >= 15 is 0 Å². The standard InChI is InChI=1S/C13H20O2S/c1-5-12(11-9-7-6-8-10-11)16(14,15)13(2,3)4/h6-10,12H,5H2,1-4H3/t12-/m1/s1/i12D. The maximum absolute atomic E-state index is 12.5. The maximum Gasteiger partial charge on any atom is 0.162 e. The van der Waals surface area contributed by atoms with E-state index < -0.39 is 19.8 Å². The Labute approximate surface area is 100 Å². The third-order valence-corrected chi connectivity index (χ3v) is 5.33. The zero-order valence-corrected chi connectivity index (χ0v) is 11.1. The van der Waals surface area contributed by atoms with Crippen LogP contribution in [0.5, 0.6) is 0 Å². The average molecular weight is 241 g/mol. The maximum atomic E-state index is 12.5. The number of rotatable bonds is 3. The molecule has 0 aliphatic heterocycles. The summed E-state index contributed by atoms with van der Waals surface area (Å²) in [7, 11) is -3.57. The van der Waals surface area contributed by atoms with Gasteiger partial charge in [-0.15, -0.1) is 0 Å². The van der Waals surface area contributed by atoms with Crippen LogP contribution in [0.25, 0.3) is 0 Å². The average Bonchev–Trinajstić information content (AvgIpc) is 2.27. The van der Waals surface area contributed by atoms with Crippen LogP contribution in [-0.4, -0.2) is 13.2 Å². The Balaban J connectivity index is 3.43. The molecular weight excluding hydrogens is 220 g/mol. The van der Waals surface area contributed by atoms with Gasteiger partial charge >= 0.3 is 0 Å². The van der Waals surface area contributed by atoms with Gasteiger partial charge in [-0.1, -0.05) is 37.3 Å². The summed E-state index contributed by atoms with van der Waals surface area (Å²) < 4.78 is 32.5. The van der Waals surface area contributed by atoms with Crippen LogP contribution < -0.4 is 0 Å². The van der Waals surface area contributed by atoms with Gasteiger partial charge in [-0.25, -0.2) is 8.42 Å². The minimum Gasteiger partial charge on any atom is -0.228 e. The molecule has 0 aliphatic rings. The van der Waals surface area contributed by atoms with Crippen molar-refractivity contribution in [3.05, 3.63) is 35.9 Å². The first-order chi connectivity index (χ1) is 7.67. The Kier molecular flexibility index (Phi) is 3.33. The fourth-order valence-electron chi connectivity index (χ4n) is 1.54. The predicted molar refractivity (Wildman–Crippen MR) is 68.1 cm³/mol. The lowest BCUT2D eigenvalue weighted by atomic mass is 10.1. The first kappa shape index (κ1) is 11.6. The SMILES string of the molecule is [2H][C@@](CC)(c1ccccc1)S(=O)(=O)C(C)(C)C. The molecule has 0 aliphatic carbocycles. The summed E-state index contributed by atoms with van der Waals surface area (Å²) in [5.41, 5.74) is 0.539. The van der Waals surface area contributed by atoms with Gasteiger partial charge in [0.05, 0.1) is 11.3 Å². The fraction of sp³-hybridized carbons (Fsp3) is 0.538. The number of sulfone groups is 1.